The number of aryl methyl sites for hydroxylation is 1. The summed E-state index contributed by atoms with van der Waals surface area (Å²) < 4.78 is 33.0. The molecule has 2 aromatic heterocycles. The van der Waals surface area contributed by atoms with E-state index in [1.54, 1.807) is 18.3 Å². The third-order valence-electron chi connectivity index (χ3n) is 4.86. The van der Waals surface area contributed by atoms with Crippen molar-refractivity contribution in [2.45, 2.75) is 20.5 Å². The van der Waals surface area contributed by atoms with Crippen molar-refractivity contribution in [3.05, 3.63) is 81.3 Å². The van der Waals surface area contributed by atoms with Crippen molar-refractivity contribution in [1.82, 2.24) is 19.4 Å². The zero-order valence-electron chi connectivity index (χ0n) is 17.1. The maximum atomic E-state index is 12.4. The average Bonchev–Trinajstić information content (AvgIpc) is 3.26. The molecule has 0 unspecified atom stereocenters. The third kappa shape index (κ3) is 4.49. The Bertz CT molecular complexity index is 1320. The number of alkyl halides is 2. The van der Waals surface area contributed by atoms with Crippen molar-refractivity contribution in [3.8, 4) is 22.8 Å². The number of H-pyrrole nitrogens is 1. The number of benzene rings is 2. The average molecular weight is 474 g/mol. The van der Waals surface area contributed by atoms with Gasteiger partial charge >= 0.3 is 6.61 Å². The first-order valence-corrected chi connectivity index (χ1v) is 10.3. The number of aromatic amines is 1. The van der Waals surface area contributed by atoms with Gasteiger partial charge in [-0.2, -0.15) is 23.7 Å². The topological polar surface area (TPSA) is 60.1 Å². The van der Waals surface area contributed by atoms with Crippen LogP contribution in [-0.2, 0) is 0 Å². The van der Waals surface area contributed by atoms with Crippen molar-refractivity contribution in [2.75, 3.05) is 0 Å². The molecule has 0 amide bonds. The molecule has 4 rings (SSSR count). The van der Waals surface area contributed by atoms with E-state index in [1.807, 2.05) is 44.2 Å². The summed E-state index contributed by atoms with van der Waals surface area (Å²) in [6.45, 7) is 1.13. The zero-order valence-corrected chi connectivity index (χ0v) is 18.7. The van der Waals surface area contributed by atoms with Crippen molar-refractivity contribution >= 4 is 30.0 Å². The lowest BCUT2D eigenvalue weighted by Gasteiger charge is -2.09. The molecule has 0 fully saturated rings. The first-order chi connectivity index (χ1) is 15.3. The van der Waals surface area contributed by atoms with E-state index in [2.05, 4.69) is 24.6 Å². The van der Waals surface area contributed by atoms with E-state index in [4.69, 9.17) is 23.8 Å². The van der Waals surface area contributed by atoms with Crippen LogP contribution in [0.5, 0.6) is 5.75 Å². The van der Waals surface area contributed by atoms with Crippen LogP contribution in [0.3, 0.4) is 0 Å². The predicted molar refractivity (Wildman–Crippen MR) is 123 cm³/mol. The van der Waals surface area contributed by atoms with Gasteiger partial charge in [0, 0.05) is 33.2 Å². The van der Waals surface area contributed by atoms with E-state index >= 15 is 0 Å². The summed E-state index contributed by atoms with van der Waals surface area (Å²) in [5.74, 6) is 0.504. The number of hydrogen-bond donors (Lipinski definition) is 1. The van der Waals surface area contributed by atoms with Gasteiger partial charge in [0.25, 0.3) is 0 Å². The second-order valence-electron chi connectivity index (χ2n) is 6.95. The van der Waals surface area contributed by atoms with Crippen molar-refractivity contribution in [1.29, 1.82) is 0 Å². The highest BCUT2D eigenvalue weighted by Gasteiger charge is 2.12. The van der Waals surface area contributed by atoms with E-state index in [1.165, 1.54) is 16.8 Å². The monoisotopic (exact) mass is 473 g/mol. The van der Waals surface area contributed by atoms with Gasteiger partial charge in [0.1, 0.15) is 5.75 Å². The van der Waals surface area contributed by atoms with Crippen LogP contribution in [0, 0.1) is 18.6 Å². The minimum atomic E-state index is -2.88. The Hall–Kier alpha value is -3.30. The van der Waals surface area contributed by atoms with Crippen LogP contribution in [0.25, 0.3) is 17.1 Å². The highest BCUT2D eigenvalue weighted by Crippen LogP contribution is 2.24. The van der Waals surface area contributed by atoms with Crippen molar-refractivity contribution in [3.63, 3.8) is 0 Å². The lowest BCUT2D eigenvalue weighted by atomic mass is 10.2. The van der Waals surface area contributed by atoms with Gasteiger partial charge in [0.15, 0.2) is 5.82 Å². The molecule has 0 spiro atoms. The summed E-state index contributed by atoms with van der Waals surface area (Å²) in [5.41, 5.74) is 4.58. The number of hydrogen-bond acceptors (Lipinski definition) is 4. The first kappa shape index (κ1) is 21.9. The molecule has 0 aliphatic heterocycles. The van der Waals surface area contributed by atoms with E-state index in [9.17, 15) is 8.78 Å². The van der Waals surface area contributed by atoms with Gasteiger partial charge < -0.3 is 9.30 Å². The molecule has 0 saturated carbocycles. The molecule has 0 aliphatic rings. The maximum Gasteiger partial charge on any atom is 0.387 e. The molecule has 4 aromatic rings. The van der Waals surface area contributed by atoms with E-state index < -0.39 is 6.61 Å². The standard InChI is InChI=1S/C22H18ClF2N5OS/c1-13-11-16(14(2)29(13)18-7-5-17(23)6-8-18)12-26-30-20(27-28-22(30)32)15-3-9-19(10-4-15)31-21(24)25/h3-12,21H,1-2H3,(H,28,32)/b26-12-. The van der Waals surface area contributed by atoms with Gasteiger partial charge in [-0.1, -0.05) is 11.6 Å². The van der Waals surface area contributed by atoms with Crippen LogP contribution >= 0.6 is 23.8 Å². The Morgan fingerprint density at radius 3 is 2.47 bits per heavy atom. The molecule has 0 saturated heterocycles. The molecular weight excluding hydrogens is 456 g/mol. The minimum Gasteiger partial charge on any atom is -0.435 e. The molecule has 10 heteroatoms. The molecule has 2 heterocycles. The number of ether oxygens (including phenoxy) is 1. The van der Waals surface area contributed by atoms with E-state index in [0.717, 1.165) is 22.6 Å². The Kier molecular flexibility index (Phi) is 6.20. The fourth-order valence-corrected chi connectivity index (χ4v) is 3.70. The fraction of sp³-hybridized carbons (Fsp3) is 0.136. The SMILES string of the molecule is Cc1cc(/C=N\n2c(-c3ccc(OC(F)F)cc3)n[nH]c2=S)c(C)n1-c1ccc(Cl)cc1. The Balaban J connectivity index is 1.65. The van der Waals surface area contributed by atoms with E-state index in [-0.39, 0.29) is 5.75 Å². The van der Waals surface area contributed by atoms with Crippen LogP contribution in [0.15, 0.2) is 59.7 Å². The smallest absolute Gasteiger partial charge is 0.387 e. The summed E-state index contributed by atoms with van der Waals surface area (Å²) >= 11 is 11.3. The van der Waals surface area contributed by atoms with Gasteiger partial charge in [0.05, 0.1) is 6.21 Å². The van der Waals surface area contributed by atoms with E-state index in [0.29, 0.717) is 21.2 Å². The minimum absolute atomic E-state index is 0.0579. The quantitative estimate of drug-likeness (QED) is 0.270. The number of aromatic nitrogens is 4. The molecule has 0 aliphatic carbocycles. The van der Waals surface area contributed by atoms with Crippen LogP contribution in [0.2, 0.25) is 5.02 Å². The molecule has 1 N–H and O–H groups in total. The number of rotatable bonds is 6. The summed E-state index contributed by atoms with van der Waals surface area (Å²) in [4.78, 5) is 0. The Morgan fingerprint density at radius 1 is 1.12 bits per heavy atom. The predicted octanol–water partition coefficient (Wildman–Crippen LogP) is 6.15. The van der Waals surface area contributed by atoms with Gasteiger partial charge in [-0.05, 0) is 80.7 Å². The molecule has 6 nitrogen and oxygen atoms in total. The molecule has 0 atom stereocenters. The van der Waals surface area contributed by atoms with Gasteiger partial charge in [-0.15, -0.1) is 0 Å². The zero-order chi connectivity index (χ0) is 22.8. The van der Waals surface area contributed by atoms with Crippen molar-refractivity contribution < 1.29 is 13.5 Å². The van der Waals surface area contributed by atoms with Crippen LogP contribution in [0.4, 0.5) is 8.78 Å². The third-order valence-corrected chi connectivity index (χ3v) is 5.37. The van der Waals surface area contributed by atoms with Gasteiger partial charge in [-0.25, -0.2) is 5.10 Å². The van der Waals surface area contributed by atoms with Crippen LogP contribution in [-0.4, -0.2) is 32.3 Å². The summed E-state index contributed by atoms with van der Waals surface area (Å²) in [6, 6.07) is 15.7. The highest BCUT2D eigenvalue weighted by molar-refractivity contribution is 7.71. The number of nitrogens with zero attached hydrogens (tertiary/aromatic N) is 4. The van der Waals surface area contributed by atoms with Gasteiger partial charge in [0.2, 0.25) is 4.77 Å². The largest absolute Gasteiger partial charge is 0.435 e. The molecule has 32 heavy (non-hydrogen) atoms. The molecule has 0 radical (unpaired) electrons. The van der Waals surface area contributed by atoms with Gasteiger partial charge in [-0.3, -0.25) is 0 Å². The summed E-state index contributed by atoms with van der Waals surface area (Å²) in [6.07, 6.45) is 1.71. The second kappa shape index (κ2) is 9.05. The summed E-state index contributed by atoms with van der Waals surface area (Å²) in [5, 5.41) is 12.1. The highest BCUT2D eigenvalue weighted by atomic mass is 35.5. The number of halogens is 3. The molecule has 164 valence electrons. The summed E-state index contributed by atoms with van der Waals surface area (Å²) in [7, 11) is 0. The maximum absolute atomic E-state index is 12.4. The lowest BCUT2D eigenvalue weighted by molar-refractivity contribution is -0.0498. The molecule has 2 aromatic carbocycles. The molecular formula is C22H18ClF2N5OS. The first-order valence-electron chi connectivity index (χ1n) is 9.55. The van der Waals surface area contributed by atoms with Crippen LogP contribution in [0.1, 0.15) is 17.0 Å². The van der Waals surface area contributed by atoms with Crippen molar-refractivity contribution in [2.24, 2.45) is 5.10 Å². The second-order valence-corrected chi connectivity index (χ2v) is 7.77. The van der Waals surface area contributed by atoms with Crippen LogP contribution < -0.4 is 4.74 Å². The lowest BCUT2D eigenvalue weighted by Crippen LogP contribution is -2.01. The fourth-order valence-electron chi connectivity index (χ4n) is 3.40. The Labute approximate surface area is 192 Å². The normalized spacial score (nSPS) is 11.6. The molecule has 0 bridgehead atoms. The number of nitrogens with one attached hydrogen (secondary N) is 1. The Morgan fingerprint density at radius 2 is 1.81 bits per heavy atom.